The number of aromatic nitrogens is 1. The SMILES string of the molecule is CCC(NC(c1ccccc1)c1ccco1)c1nccs1. The Morgan fingerprint density at radius 2 is 2.05 bits per heavy atom. The molecule has 3 aromatic rings. The zero-order valence-corrected chi connectivity index (χ0v) is 12.7. The molecule has 3 rings (SSSR count). The van der Waals surface area contributed by atoms with Gasteiger partial charge in [0, 0.05) is 11.6 Å². The minimum atomic E-state index is 0.0371. The summed E-state index contributed by atoms with van der Waals surface area (Å²) >= 11 is 1.69. The van der Waals surface area contributed by atoms with E-state index in [0.717, 1.165) is 17.2 Å². The first-order valence-electron chi connectivity index (χ1n) is 7.12. The third-order valence-corrected chi connectivity index (χ3v) is 4.38. The molecule has 0 saturated heterocycles. The number of benzene rings is 1. The molecule has 3 nitrogen and oxygen atoms in total. The van der Waals surface area contributed by atoms with Crippen molar-refractivity contribution in [3.8, 4) is 0 Å². The molecule has 0 amide bonds. The molecule has 2 unspecified atom stereocenters. The molecule has 0 spiro atoms. The van der Waals surface area contributed by atoms with Gasteiger partial charge in [0.1, 0.15) is 10.8 Å². The molecule has 108 valence electrons. The monoisotopic (exact) mass is 298 g/mol. The van der Waals surface area contributed by atoms with Crippen LogP contribution in [-0.2, 0) is 0 Å². The first-order chi connectivity index (χ1) is 10.4. The summed E-state index contributed by atoms with van der Waals surface area (Å²) in [6.45, 7) is 2.17. The molecule has 0 aliphatic heterocycles. The lowest BCUT2D eigenvalue weighted by atomic mass is 10.0. The highest BCUT2D eigenvalue weighted by Gasteiger charge is 2.22. The quantitative estimate of drug-likeness (QED) is 0.724. The molecule has 0 bridgehead atoms. The van der Waals surface area contributed by atoms with Gasteiger partial charge in [0.05, 0.1) is 18.3 Å². The third kappa shape index (κ3) is 3.23. The predicted octanol–water partition coefficient (Wildman–Crippen LogP) is 4.57. The fraction of sp³-hybridized carbons (Fsp3) is 0.235. The molecule has 0 aliphatic rings. The number of hydrogen-bond donors (Lipinski definition) is 1. The Balaban J connectivity index is 1.89. The highest BCUT2D eigenvalue weighted by atomic mass is 32.1. The maximum absolute atomic E-state index is 5.63. The van der Waals surface area contributed by atoms with Crippen molar-refractivity contribution in [2.45, 2.75) is 25.4 Å². The van der Waals surface area contributed by atoms with Crippen LogP contribution < -0.4 is 5.32 Å². The van der Waals surface area contributed by atoms with Crippen LogP contribution in [0.2, 0.25) is 0 Å². The summed E-state index contributed by atoms with van der Waals surface area (Å²) in [7, 11) is 0. The molecule has 0 radical (unpaired) electrons. The lowest BCUT2D eigenvalue weighted by Gasteiger charge is -2.23. The van der Waals surface area contributed by atoms with Gasteiger partial charge in [0.15, 0.2) is 0 Å². The van der Waals surface area contributed by atoms with Gasteiger partial charge in [0.2, 0.25) is 0 Å². The molecule has 0 saturated carbocycles. The van der Waals surface area contributed by atoms with Gasteiger partial charge < -0.3 is 4.42 Å². The van der Waals surface area contributed by atoms with Gasteiger partial charge in [0.25, 0.3) is 0 Å². The van der Waals surface area contributed by atoms with Gasteiger partial charge in [-0.05, 0) is 24.1 Å². The Labute approximate surface area is 128 Å². The van der Waals surface area contributed by atoms with Crippen LogP contribution >= 0.6 is 11.3 Å². The first kappa shape index (κ1) is 14.0. The minimum absolute atomic E-state index is 0.0371. The molecule has 1 aromatic carbocycles. The fourth-order valence-electron chi connectivity index (χ4n) is 2.42. The fourth-order valence-corrected chi connectivity index (χ4v) is 3.20. The van der Waals surface area contributed by atoms with Crippen molar-refractivity contribution < 1.29 is 4.42 Å². The van der Waals surface area contributed by atoms with Gasteiger partial charge in [-0.15, -0.1) is 11.3 Å². The van der Waals surface area contributed by atoms with Gasteiger partial charge >= 0.3 is 0 Å². The minimum Gasteiger partial charge on any atom is -0.467 e. The largest absolute Gasteiger partial charge is 0.467 e. The van der Waals surface area contributed by atoms with E-state index < -0.39 is 0 Å². The first-order valence-corrected chi connectivity index (χ1v) is 8.00. The lowest BCUT2D eigenvalue weighted by Crippen LogP contribution is -2.26. The van der Waals surface area contributed by atoms with Crippen LogP contribution in [0.4, 0.5) is 0 Å². The van der Waals surface area contributed by atoms with Crippen LogP contribution in [0, 0.1) is 0 Å². The molecular weight excluding hydrogens is 280 g/mol. The van der Waals surface area contributed by atoms with E-state index in [1.165, 1.54) is 5.56 Å². The number of nitrogens with zero attached hydrogens (tertiary/aromatic N) is 1. The van der Waals surface area contributed by atoms with Crippen LogP contribution in [-0.4, -0.2) is 4.98 Å². The molecular formula is C17H18N2OS. The third-order valence-electron chi connectivity index (χ3n) is 3.49. The Kier molecular flexibility index (Phi) is 4.48. The van der Waals surface area contributed by atoms with E-state index in [0.29, 0.717) is 0 Å². The maximum Gasteiger partial charge on any atom is 0.125 e. The Hall–Kier alpha value is -1.91. The normalized spacial score (nSPS) is 14.0. The van der Waals surface area contributed by atoms with E-state index in [1.807, 2.05) is 29.8 Å². The van der Waals surface area contributed by atoms with E-state index >= 15 is 0 Å². The molecule has 21 heavy (non-hydrogen) atoms. The van der Waals surface area contributed by atoms with Crippen molar-refractivity contribution in [3.63, 3.8) is 0 Å². The van der Waals surface area contributed by atoms with Gasteiger partial charge in [-0.2, -0.15) is 0 Å². The number of rotatable bonds is 6. The number of furan rings is 1. The lowest BCUT2D eigenvalue weighted by molar-refractivity contribution is 0.402. The Morgan fingerprint density at radius 1 is 1.19 bits per heavy atom. The van der Waals surface area contributed by atoms with Crippen molar-refractivity contribution in [3.05, 3.63) is 76.6 Å². The van der Waals surface area contributed by atoms with Crippen molar-refractivity contribution in [2.75, 3.05) is 0 Å². The second kappa shape index (κ2) is 6.70. The van der Waals surface area contributed by atoms with Crippen LogP contribution in [0.1, 0.15) is 41.8 Å². The van der Waals surface area contributed by atoms with Crippen LogP contribution in [0.5, 0.6) is 0 Å². The Morgan fingerprint density at radius 3 is 2.67 bits per heavy atom. The average molecular weight is 298 g/mol. The summed E-state index contributed by atoms with van der Waals surface area (Å²) in [6, 6.07) is 14.6. The molecule has 2 heterocycles. The number of thiazole rings is 1. The summed E-state index contributed by atoms with van der Waals surface area (Å²) in [6.07, 6.45) is 4.56. The number of nitrogens with one attached hydrogen (secondary N) is 1. The van der Waals surface area contributed by atoms with E-state index in [9.17, 15) is 0 Å². The zero-order valence-electron chi connectivity index (χ0n) is 11.9. The number of hydrogen-bond acceptors (Lipinski definition) is 4. The van der Waals surface area contributed by atoms with Crippen molar-refractivity contribution in [1.29, 1.82) is 0 Å². The van der Waals surface area contributed by atoms with E-state index in [1.54, 1.807) is 17.6 Å². The van der Waals surface area contributed by atoms with Crippen molar-refractivity contribution in [1.82, 2.24) is 10.3 Å². The molecule has 4 heteroatoms. The zero-order chi connectivity index (χ0) is 14.5. The molecule has 2 aromatic heterocycles. The predicted molar refractivity (Wildman–Crippen MR) is 85.3 cm³/mol. The summed E-state index contributed by atoms with van der Waals surface area (Å²) in [5.41, 5.74) is 1.20. The van der Waals surface area contributed by atoms with Crippen molar-refractivity contribution in [2.24, 2.45) is 0 Å². The van der Waals surface area contributed by atoms with E-state index in [4.69, 9.17) is 4.42 Å². The summed E-state index contributed by atoms with van der Waals surface area (Å²) < 4.78 is 5.63. The van der Waals surface area contributed by atoms with Gasteiger partial charge in [-0.25, -0.2) is 4.98 Å². The maximum atomic E-state index is 5.63. The van der Waals surface area contributed by atoms with E-state index in [2.05, 4.69) is 41.5 Å². The van der Waals surface area contributed by atoms with Crippen LogP contribution in [0.3, 0.4) is 0 Å². The second-order valence-electron chi connectivity index (χ2n) is 4.86. The standard InChI is InChI=1S/C17H18N2OS/c1-2-14(17-18-10-12-21-17)19-16(15-9-6-11-20-15)13-7-4-3-5-8-13/h3-12,14,16,19H,2H2,1H3. The highest BCUT2D eigenvalue weighted by Crippen LogP contribution is 2.28. The summed E-state index contributed by atoms with van der Waals surface area (Å²) in [5, 5.41) is 6.81. The molecule has 1 N–H and O–H groups in total. The topological polar surface area (TPSA) is 38.1 Å². The smallest absolute Gasteiger partial charge is 0.125 e. The summed E-state index contributed by atoms with van der Waals surface area (Å²) in [5.74, 6) is 0.927. The summed E-state index contributed by atoms with van der Waals surface area (Å²) in [4.78, 5) is 4.44. The van der Waals surface area contributed by atoms with Crippen LogP contribution in [0.25, 0.3) is 0 Å². The van der Waals surface area contributed by atoms with E-state index in [-0.39, 0.29) is 12.1 Å². The van der Waals surface area contributed by atoms with Gasteiger partial charge in [-0.3, -0.25) is 5.32 Å². The average Bonchev–Trinajstić information content (AvgIpc) is 3.23. The Bertz CT molecular complexity index is 635. The molecule has 2 atom stereocenters. The van der Waals surface area contributed by atoms with Gasteiger partial charge in [-0.1, -0.05) is 37.3 Å². The van der Waals surface area contributed by atoms with Crippen LogP contribution in [0.15, 0.2) is 64.7 Å². The second-order valence-corrected chi connectivity index (χ2v) is 5.78. The highest BCUT2D eigenvalue weighted by molar-refractivity contribution is 7.09. The van der Waals surface area contributed by atoms with Crippen molar-refractivity contribution >= 4 is 11.3 Å². The molecule has 0 aliphatic carbocycles. The molecule has 0 fully saturated rings.